The first-order chi connectivity index (χ1) is 16.7. The molecule has 5 N–H and O–H groups in total. The number of benzene rings is 2. The molecule has 0 saturated carbocycles. The van der Waals surface area contributed by atoms with Crippen LogP contribution in [0.3, 0.4) is 0 Å². The number of fused-ring (bicyclic) bond motifs is 1. The Morgan fingerprint density at radius 1 is 1.14 bits per heavy atom. The lowest BCUT2D eigenvalue weighted by atomic mass is 9.99. The highest BCUT2D eigenvalue weighted by Crippen LogP contribution is 2.37. The third kappa shape index (κ3) is 4.81. The van der Waals surface area contributed by atoms with Crippen molar-refractivity contribution in [3.8, 4) is 16.9 Å². The number of carbonyl (C=O) groups excluding carboxylic acids is 2. The van der Waals surface area contributed by atoms with E-state index in [2.05, 4.69) is 10.2 Å². The van der Waals surface area contributed by atoms with Gasteiger partial charge in [0, 0.05) is 33.1 Å². The number of halogens is 3. The van der Waals surface area contributed by atoms with Gasteiger partial charge in [0.15, 0.2) is 11.9 Å². The lowest BCUT2D eigenvalue weighted by molar-refractivity contribution is -0.129. The monoisotopic (exact) mass is 490 g/mol. The van der Waals surface area contributed by atoms with Crippen molar-refractivity contribution >= 4 is 34.2 Å². The van der Waals surface area contributed by atoms with Crippen LogP contribution in [-0.4, -0.2) is 72.3 Å². The Kier molecular flexibility index (Phi) is 6.72. The van der Waals surface area contributed by atoms with Gasteiger partial charge in [-0.15, -0.1) is 0 Å². The van der Waals surface area contributed by atoms with Gasteiger partial charge in [0.05, 0.1) is 22.2 Å². The summed E-state index contributed by atoms with van der Waals surface area (Å²) in [4.78, 5) is 27.5. The maximum atomic E-state index is 13.2. The fourth-order valence-corrected chi connectivity index (χ4v) is 4.16. The topological polar surface area (TPSA) is 131 Å². The van der Waals surface area contributed by atoms with Crippen LogP contribution >= 0.6 is 0 Å². The molecule has 1 saturated heterocycles. The van der Waals surface area contributed by atoms with Gasteiger partial charge in [-0.1, -0.05) is 6.07 Å². The van der Waals surface area contributed by atoms with Crippen LogP contribution in [0.4, 0.5) is 24.7 Å². The van der Waals surface area contributed by atoms with Crippen molar-refractivity contribution in [1.29, 1.82) is 0 Å². The molecule has 2 heterocycles. The SMILES string of the molecule is CC(=O)N1CCN(c2cc(-c3cc(OC(CF)C(F)F)c4c(N)n[nH]c4c3)ccc2C(N)=O)CC1. The summed E-state index contributed by atoms with van der Waals surface area (Å²) in [7, 11) is 0. The molecule has 0 aliphatic carbocycles. The van der Waals surface area contributed by atoms with Gasteiger partial charge in [-0.25, -0.2) is 13.2 Å². The number of nitrogen functional groups attached to an aromatic ring is 1. The minimum absolute atomic E-state index is 0.0245. The highest BCUT2D eigenvalue weighted by molar-refractivity contribution is 6.01. The summed E-state index contributed by atoms with van der Waals surface area (Å²) < 4.78 is 44.9. The normalized spacial score (nSPS) is 15.0. The summed E-state index contributed by atoms with van der Waals surface area (Å²) in [6.45, 7) is 2.11. The number of rotatable bonds is 7. The lowest BCUT2D eigenvalue weighted by Gasteiger charge is -2.36. The molecular weight excluding hydrogens is 465 g/mol. The zero-order valence-electron chi connectivity index (χ0n) is 18.9. The predicted octanol–water partition coefficient (Wildman–Crippen LogP) is 2.56. The molecule has 2 aromatic carbocycles. The highest BCUT2D eigenvalue weighted by atomic mass is 19.3. The molecule has 1 aromatic heterocycles. The second kappa shape index (κ2) is 9.72. The quantitative estimate of drug-likeness (QED) is 0.467. The molecule has 4 rings (SSSR count). The molecule has 35 heavy (non-hydrogen) atoms. The van der Waals surface area contributed by atoms with Crippen LogP contribution in [0, 0.1) is 0 Å². The Morgan fingerprint density at radius 3 is 2.46 bits per heavy atom. The maximum Gasteiger partial charge on any atom is 0.277 e. The molecule has 186 valence electrons. The summed E-state index contributed by atoms with van der Waals surface area (Å²) in [5.41, 5.74) is 14.0. The van der Waals surface area contributed by atoms with Gasteiger partial charge in [-0.2, -0.15) is 5.10 Å². The third-order valence-corrected chi connectivity index (χ3v) is 6.03. The van der Waals surface area contributed by atoms with Crippen LogP contribution in [-0.2, 0) is 4.79 Å². The number of amides is 2. The molecule has 12 heteroatoms. The zero-order chi connectivity index (χ0) is 25.3. The van der Waals surface area contributed by atoms with Gasteiger partial charge < -0.3 is 26.0 Å². The first-order valence-electron chi connectivity index (χ1n) is 10.9. The number of hydrogen-bond acceptors (Lipinski definition) is 6. The van der Waals surface area contributed by atoms with E-state index >= 15 is 0 Å². The number of H-pyrrole nitrogens is 1. The minimum atomic E-state index is -3.04. The smallest absolute Gasteiger partial charge is 0.277 e. The largest absolute Gasteiger partial charge is 0.481 e. The summed E-state index contributed by atoms with van der Waals surface area (Å²) >= 11 is 0. The van der Waals surface area contributed by atoms with E-state index in [0.717, 1.165) is 0 Å². The molecule has 1 aliphatic rings. The molecule has 1 aliphatic heterocycles. The molecule has 2 amide bonds. The number of ether oxygens (including phenoxy) is 1. The number of hydrogen-bond donors (Lipinski definition) is 3. The van der Waals surface area contributed by atoms with Crippen molar-refractivity contribution in [1.82, 2.24) is 15.1 Å². The lowest BCUT2D eigenvalue weighted by Crippen LogP contribution is -2.48. The molecule has 3 aromatic rings. The Balaban J connectivity index is 1.76. The third-order valence-electron chi connectivity index (χ3n) is 6.03. The van der Waals surface area contributed by atoms with Crippen LogP contribution in [0.1, 0.15) is 17.3 Å². The molecule has 0 bridgehead atoms. The molecule has 0 spiro atoms. The van der Waals surface area contributed by atoms with E-state index in [0.29, 0.717) is 54.1 Å². The van der Waals surface area contributed by atoms with Crippen molar-refractivity contribution < 1.29 is 27.5 Å². The number of nitrogens with two attached hydrogens (primary N) is 2. The number of primary amides is 1. The average Bonchev–Trinajstić information content (AvgIpc) is 3.22. The van der Waals surface area contributed by atoms with Crippen molar-refractivity contribution in [3.63, 3.8) is 0 Å². The van der Waals surface area contributed by atoms with E-state index in [1.165, 1.54) is 13.0 Å². The fraction of sp³-hybridized carbons (Fsp3) is 0.348. The van der Waals surface area contributed by atoms with Gasteiger partial charge in [-0.05, 0) is 35.4 Å². The zero-order valence-corrected chi connectivity index (χ0v) is 18.9. The number of nitrogens with zero attached hydrogens (tertiary/aromatic N) is 3. The number of carbonyl (C=O) groups is 2. The number of aromatic amines is 1. The summed E-state index contributed by atoms with van der Waals surface area (Å²) in [6, 6.07) is 8.19. The van der Waals surface area contributed by atoms with E-state index in [-0.39, 0.29) is 22.9 Å². The van der Waals surface area contributed by atoms with Crippen LogP contribution in [0.5, 0.6) is 5.75 Å². The standard InChI is InChI=1S/C23H25F3N6O3/c1-12(33)31-4-6-32(7-5-31)17-9-13(2-3-15(17)23(28)34)14-8-16-20(22(27)30-29-16)18(10-14)35-19(11-24)21(25)26/h2-3,8-10,19,21H,4-7,11H2,1H3,(H2,28,34)(H3,27,29,30). The van der Waals surface area contributed by atoms with Crippen molar-refractivity contribution in [2.24, 2.45) is 5.73 Å². The second-order valence-electron chi connectivity index (χ2n) is 8.24. The molecular formula is C23H25F3N6O3. The van der Waals surface area contributed by atoms with E-state index in [1.807, 2.05) is 4.90 Å². The molecule has 0 radical (unpaired) electrons. The maximum absolute atomic E-state index is 13.2. The van der Waals surface area contributed by atoms with Crippen LogP contribution < -0.4 is 21.1 Å². The second-order valence-corrected chi connectivity index (χ2v) is 8.24. The molecule has 1 fully saturated rings. The molecule has 1 atom stereocenters. The number of nitrogens with one attached hydrogen (secondary N) is 1. The van der Waals surface area contributed by atoms with Gasteiger partial charge >= 0.3 is 0 Å². The van der Waals surface area contributed by atoms with Crippen molar-refractivity contribution in [2.45, 2.75) is 19.5 Å². The van der Waals surface area contributed by atoms with Gasteiger partial charge in [0.25, 0.3) is 12.3 Å². The van der Waals surface area contributed by atoms with E-state index < -0.39 is 25.1 Å². The molecule has 9 nitrogen and oxygen atoms in total. The summed E-state index contributed by atoms with van der Waals surface area (Å²) in [6.07, 6.45) is -5.00. The summed E-state index contributed by atoms with van der Waals surface area (Å²) in [5, 5.41) is 6.90. The predicted molar refractivity (Wildman–Crippen MR) is 125 cm³/mol. The highest BCUT2D eigenvalue weighted by Gasteiger charge is 2.26. The minimum Gasteiger partial charge on any atom is -0.481 e. The number of aromatic nitrogens is 2. The van der Waals surface area contributed by atoms with Gasteiger partial charge in [0.1, 0.15) is 12.4 Å². The Hall–Kier alpha value is -3.96. The Morgan fingerprint density at radius 2 is 1.86 bits per heavy atom. The average molecular weight is 490 g/mol. The van der Waals surface area contributed by atoms with Gasteiger partial charge in [-0.3, -0.25) is 14.7 Å². The van der Waals surface area contributed by atoms with E-state index in [1.54, 1.807) is 29.2 Å². The number of piperazine rings is 1. The van der Waals surface area contributed by atoms with Crippen molar-refractivity contribution in [2.75, 3.05) is 43.5 Å². The fourth-order valence-electron chi connectivity index (χ4n) is 4.16. The number of alkyl halides is 3. The van der Waals surface area contributed by atoms with Crippen LogP contribution in [0.25, 0.3) is 22.0 Å². The van der Waals surface area contributed by atoms with Crippen LogP contribution in [0.15, 0.2) is 30.3 Å². The van der Waals surface area contributed by atoms with E-state index in [9.17, 15) is 22.8 Å². The van der Waals surface area contributed by atoms with Crippen LogP contribution in [0.2, 0.25) is 0 Å². The summed E-state index contributed by atoms with van der Waals surface area (Å²) in [5.74, 6) is -0.642. The first-order valence-corrected chi connectivity index (χ1v) is 10.9. The Labute approximate surface area is 198 Å². The van der Waals surface area contributed by atoms with E-state index in [4.69, 9.17) is 16.2 Å². The first kappa shape index (κ1) is 24.2. The number of anilines is 2. The Bertz CT molecular complexity index is 1260. The van der Waals surface area contributed by atoms with Gasteiger partial charge in [0.2, 0.25) is 5.91 Å². The van der Waals surface area contributed by atoms with Crippen molar-refractivity contribution in [3.05, 3.63) is 35.9 Å². The molecule has 1 unspecified atom stereocenters.